The first-order valence-electron chi connectivity index (χ1n) is 10.6. The predicted octanol–water partition coefficient (Wildman–Crippen LogP) is 4.13. The largest absolute Gasteiger partial charge is 0.416 e. The number of likely N-dealkylation sites (tertiary alicyclic amines) is 1. The summed E-state index contributed by atoms with van der Waals surface area (Å²) >= 11 is 0. The normalized spacial score (nSPS) is 16.9. The van der Waals surface area contributed by atoms with Crippen LogP contribution in [0.1, 0.15) is 41.3 Å². The lowest BCUT2D eigenvalue weighted by Crippen LogP contribution is -2.42. The second-order valence-corrected chi connectivity index (χ2v) is 13.0. The van der Waals surface area contributed by atoms with Crippen LogP contribution in [0.25, 0.3) is 0 Å². The fourth-order valence-corrected chi connectivity index (χ4v) is 6.64. The predicted molar refractivity (Wildman–Crippen MR) is 121 cm³/mol. The molecule has 2 aromatic rings. The fourth-order valence-electron chi connectivity index (χ4n) is 4.17. The second kappa shape index (κ2) is 9.33. The van der Waals surface area contributed by atoms with E-state index in [1.807, 2.05) is 0 Å². The number of amides is 1. The first kappa shape index (κ1) is 26.2. The molecule has 34 heavy (non-hydrogen) atoms. The zero-order valence-electron chi connectivity index (χ0n) is 19.0. The molecule has 0 aliphatic carbocycles. The number of hydrogen-bond donors (Lipinski definition) is 0. The standard InChI is InChI=1S/C23H26F3NO5S2/c1-15-13-19(33(3,29)30)7-8-21(15)22(28)27-11-9-17(10-12-27)16(2)34(31,32)20-6-4-5-18(14-20)23(24,25)26/h4-8,13-14,16-17H,9-12H2,1-3H3. The van der Waals surface area contributed by atoms with Crippen molar-refractivity contribution in [3.05, 3.63) is 59.2 Å². The minimum atomic E-state index is -4.64. The van der Waals surface area contributed by atoms with Gasteiger partial charge in [-0.05, 0) is 74.6 Å². The Bertz CT molecular complexity index is 1300. The number of benzene rings is 2. The summed E-state index contributed by atoms with van der Waals surface area (Å²) in [4.78, 5) is 14.3. The lowest BCUT2D eigenvalue weighted by Gasteiger charge is -2.35. The highest BCUT2D eigenvalue weighted by Gasteiger charge is 2.36. The number of halogens is 3. The highest BCUT2D eigenvalue weighted by atomic mass is 32.2. The third-order valence-electron chi connectivity index (χ3n) is 6.33. The Morgan fingerprint density at radius 1 is 1.00 bits per heavy atom. The maximum atomic E-state index is 13.0. The average Bonchev–Trinajstić information content (AvgIpc) is 2.77. The van der Waals surface area contributed by atoms with Crippen LogP contribution >= 0.6 is 0 Å². The Kier molecular flexibility index (Phi) is 7.19. The van der Waals surface area contributed by atoms with Crippen LogP contribution in [0.3, 0.4) is 0 Å². The Balaban J connectivity index is 1.71. The maximum Gasteiger partial charge on any atom is 0.416 e. The van der Waals surface area contributed by atoms with Crippen molar-refractivity contribution in [3.8, 4) is 0 Å². The molecule has 0 N–H and O–H groups in total. The summed E-state index contributed by atoms with van der Waals surface area (Å²) in [5.41, 5.74) is -0.121. The van der Waals surface area contributed by atoms with Crippen LogP contribution in [0.2, 0.25) is 0 Å². The number of piperidine rings is 1. The molecule has 1 heterocycles. The molecule has 11 heteroatoms. The molecule has 6 nitrogen and oxygen atoms in total. The van der Waals surface area contributed by atoms with Gasteiger partial charge in [-0.3, -0.25) is 4.79 Å². The van der Waals surface area contributed by atoms with Gasteiger partial charge >= 0.3 is 6.18 Å². The van der Waals surface area contributed by atoms with Crippen molar-refractivity contribution in [2.75, 3.05) is 19.3 Å². The number of alkyl halides is 3. The van der Waals surface area contributed by atoms with Gasteiger partial charge in [0, 0.05) is 24.9 Å². The molecule has 1 atom stereocenters. The van der Waals surface area contributed by atoms with Gasteiger partial charge in [0.25, 0.3) is 5.91 Å². The number of nitrogens with zero attached hydrogens (tertiary/aromatic N) is 1. The van der Waals surface area contributed by atoms with Crippen molar-refractivity contribution in [1.82, 2.24) is 4.90 Å². The van der Waals surface area contributed by atoms with Gasteiger partial charge in [-0.2, -0.15) is 13.2 Å². The second-order valence-electron chi connectivity index (χ2n) is 8.65. The number of carbonyl (C=O) groups excluding carboxylic acids is 1. The van der Waals surface area contributed by atoms with Crippen LogP contribution in [-0.4, -0.2) is 52.2 Å². The van der Waals surface area contributed by atoms with E-state index in [9.17, 15) is 34.8 Å². The molecule has 0 saturated carbocycles. The smallest absolute Gasteiger partial charge is 0.339 e. The van der Waals surface area contributed by atoms with Crippen LogP contribution < -0.4 is 0 Å². The van der Waals surface area contributed by atoms with Gasteiger partial charge in [-0.1, -0.05) is 6.07 Å². The summed E-state index contributed by atoms with van der Waals surface area (Å²) in [5.74, 6) is -0.596. The van der Waals surface area contributed by atoms with Crippen LogP contribution in [0.5, 0.6) is 0 Å². The van der Waals surface area contributed by atoms with Gasteiger partial charge < -0.3 is 4.90 Å². The minimum absolute atomic E-state index is 0.119. The van der Waals surface area contributed by atoms with E-state index in [-0.39, 0.29) is 21.6 Å². The quantitative estimate of drug-likeness (QED) is 0.595. The number of carbonyl (C=O) groups is 1. The first-order valence-corrected chi connectivity index (χ1v) is 14.1. The molecule has 1 aliphatic rings. The molecular formula is C23H26F3NO5S2. The van der Waals surface area contributed by atoms with Crippen molar-refractivity contribution < 1.29 is 34.8 Å². The topological polar surface area (TPSA) is 88.6 Å². The molecule has 3 rings (SSSR count). The molecule has 2 aromatic carbocycles. The number of aryl methyl sites for hydroxylation is 1. The number of sulfone groups is 2. The van der Waals surface area contributed by atoms with E-state index in [2.05, 4.69) is 0 Å². The highest BCUT2D eigenvalue weighted by Crippen LogP contribution is 2.34. The van der Waals surface area contributed by atoms with Gasteiger partial charge in [0.2, 0.25) is 0 Å². The molecule has 0 bridgehead atoms. The molecule has 1 fully saturated rings. The van der Waals surface area contributed by atoms with Crippen LogP contribution in [0.4, 0.5) is 13.2 Å². The lowest BCUT2D eigenvalue weighted by molar-refractivity contribution is -0.137. The van der Waals surface area contributed by atoms with Gasteiger partial charge in [0.1, 0.15) is 0 Å². The molecule has 0 radical (unpaired) electrons. The van der Waals surface area contributed by atoms with Gasteiger partial charge in [-0.15, -0.1) is 0 Å². The Morgan fingerprint density at radius 3 is 2.15 bits per heavy atom. The van der Waals surface area contributed by atoms with E-state index in [1.54, 1.807) is 11.8 Å². The summed E-state index contributed by atoms with van der Waals surface area (Å²) < 4.78 is 88.5. The van der Waals surface area contributed by atoms with Crippen LogP contribution in [0.15, 0.2) is 52.3 Å². The average molecular weight is 518 g/mol. The molecule has 0 spiro atoms. The van der Waals surface area contributed by atoms with Gasteiger partial charge in [0.05, 0.1) is 20.6 Å². The Labute approximate surface area is 197 Å². The van der Waals surface area contributed by atoms with E-state index in [0.717, 1.165) is 18.4 Å². The highest BCUT2D eigenvalue weighted by molar-refractivity contribution is 7.92. The third-order valence-corrected chi connectivity index (χ3v) is 9.71. The van der Waals surface area contributed by atoms with Gasteiger partial charge in [0.15, 0.2) is 19.7 Å². The first-order chi connectivity index (χ1) is 15.6. The van der Waals surface area contributed by atoms with Crippen molar-refractivity contribution in [2.24, 2.45) is 5.92 Å². The van der Waals surface area contributed by atoms with Crippen molar-refractivity contribution >= 4 is 25.6 Å². The van der Waals surface area contributed by atoms with E-state index < -0.39 is 36.7 Å². The molecule has 1 aliphatic heterocycles. The maximum absolute atomic E-state index is 13.0. The van der Waals surface area contributed by atoms with Crippen molar-refractivity contribution in [2.45, 2.75) is 47.9 Å². The van der Waals surface area contributed by atoms with Crippen LogP contribution in [0, 0.1) is 12.8 Å². The van der Waals surface area contributed by atoms with E-state index in [0.29, 0.717) is 43.1 Å². The molecule has 186 valence electrons. The zero-order valence-corrected chi connectivity index (χ0v) is 20.6. The lowest BCUT2D eigenvalue weighted by atomic mass is 9.93. The Morgan fingerprint density at radius 2 is 1.62 bits per heavy atom. The van der Waals surface area contributed by atoms with Crippen molar-refractivity contribution in [3.63, 3.8) is 0 Å². The zero-order chi connectivity index (χ0) is 25.5. The summed E-state index contributed by atoms with van der Waals surface area (Å²) in [6.45, 7) is 3.72. The SMILES string of the molecule is Cc1cc(S(C)(=O)=O)ccc1C(=O)N1CCC(C(C)S(=O)(=O)c2cccc(C(F)(F)F)c2)CC1. The molecule has 0 aromatic heterocycles. The van der Waals surface area contributed by atoms with E-state index in [4.69, 9.17) is 0 Å². The summed E-state index contributed by atoms with van der Waals surface area (Å²) in [7, 11) is -7.40. The molecule has 1 amide bonds. The molecule has 1 saturated heterocycles. The Hall–Kier alpha value is -2.40. The number of hydrogen-bond acceptors (Lipinski definition) is 5. The third kappa shape index (κ3) is 5.46. The van der Waals surface area contributed by atoms with Gasteiger partial charge in [-0.25, -0.2) is 16.8 Å². The fraction of sp³-hybridized carbons (Fsp3) is 0.435. The summed E-state index contributed by atoms with van der Waals surface area (Å²) in [6.07, 6.45) is -2.79. The van der Waals surface area contributed by atoms with E-state index >= 15 is 0 Å². The number of rotatable bonds is 5. The van der Waals surface area contributed by atoms with Crippen molar-refractivity contribution in [1.29, 1.82) is 0 Å². The summed E-state index contributed by atoms with van der Waals surface area (Å²) in [6, 6.07) is 8.04. The van der Waals surface area contributed by atoms with E-state index in [1.165, 1.54) is 31.2 Å². The molecule has 1 unspecified atom stereocenters. The minimum Gasteiger partial charge on any atom is -0.339 e. The summed E-state index contributed by atoms with van der Waals surface area (Å²) in [5, 5.41) is -0.913. The van der Waals surface area contributed by atoms with Crippen LogP contribution in [-0.2, 0) is 25.9 Å². The monoisotopic (exact) mass is 517 g/mol. The molecular weight excluding hydrogens is 491 g/mol.